The van der Waals surface area contributed by atoms with Crippen molar-refractivity contribution in [3.8, 4) is 0 Å². The molecule has 0 aromatic carbocycles. The van der Waals surface area contributed by atoms with Crippen LogP contribution in [0.4, 0.5) is 0 Å². The summed E-state index contributed by atoms with van der Waals surface area (Å²) in [4.78, 5) is 0. The number of aryl methyl sites for hydroxylation is 1. The van der Waals surface area contributed by atoms with Gasteiger partial charge in [0.05, 0.1) is 6.61 Å². The Bertz CT molecular complexity index is 250. The molecule has 2 nitrogen and oxygen atoms in total. The third-order valence-corrected chi connectivity index (χ3v) is 1.72. The van der Waals surface area contributed by atoms with Crippen molar-refractivity contribution in [2.75, 3.05) is 6.61 Å². The van der Waals surface area contributed by atoms with Crippen molar-refractivity contribution in [1.82, 2.24) is 4.57 Å². The Morgan fingerprint density at radius 1 is 1.58 bits per heavy atom. The first kappa shape index (κ1) is 9.07. The molecule has 2 heteroatoms. The maximum atomic E-state index is 8.59. The van der Waals surface area contributed by atoms with Gasteiger partial charge in [-0.2, -0.15) is 0 Å². The SMILES string of the molecule is CCCn1cccc1C=CCO. The molecule has 0 radical (unpaired) electrons. The Hall–Kier alpha value is -1.02. The van der Waals surface area contributed by atoms with Gasteiger partial charge in [-0.05, 0) is 24.6 Å². The van der Waals surface area contributed by atoms with Crippen molar-refractivity contribution in [3.05, 3.63) is 30.1 Å². The van der Waals surface area contributed by atoms with Crippen molar-refractivity contribution in [2.45, 2.75) is 19.9 Å². The molecule has 0 bridgehead atoms. The lowest BCUT2D eigenvalue weighted by atomic mass is 10.3. The summed E-state index contributed by atoms with van der Waals surface area (Å²) in [5, 5.41) is 8.59. The largest absolute Gasteiger partial charge is 0.392 e. The van der Waals surface area contributed by atoms with E-state index in [1.807, 2.05) is 18.2 Å². The second kappa shape index (κ2) is 4.78. The molecule has 0 unspecified atom stereocenters. The third-order valence-electron chi connectivity index (χ3n) is 1.72. The number of hydrogen-bond donors (Lipinski definition) is 1. The van der Waals surface area contributed by atoms with Crippen LogP contribution in [-0.4, -0.2) is 16.3 Å². The average Bonchev–Trinajstić information content (AvgIpc) is 2.50. The minimum absolute atomic E-state index is 0.108. The first-order valence-corrected chi connectivity index (χ1v) is 4.31. The van der Waals surface area contributed by atoms with Gasteiger partial charge in [-0.15, -0.1) is 0 Å². The molecule has 0 spiro atoms. The molecule has 0 aliphatic rings. The molecule has 0 atom stereocenters. The molecule has 0 saturated heterocycles. The fourth-order valence-corrected chi connectivity index (χ4v) is 1.20. The van der Waals surface area contributed by atoms with Gasteiger partial charge in [-0.3, -0.25) is 0 Å². The van der Waals surface area contributed by atoms with Crippen molar-refractivity contribution in [3.63, 3.8) is 0 Å². The first-order chi connectivity index (χ1) is 5.88. The number of nitrogens with zero attached hydrogens (tertiary/aromatic N) is 1. The molecule has 0 aliphatic carbocycles. The first-order valence-electron chi connectivity index (χ1n) is 4.31. The zero-order valence-electron chi connectivity index (χ0n) is 7.40. The van der Waals surface area contributed by atoms with E-state index >= 15 is 0 Å². The summed E-state index contributed by atoms with van der Waals surface area (Å²) in [6.07, 6.45) is 6.88. The van der Waals surface area contributed by atoms with Crippen LogP contribution in [0.3, 0.4) is 0 Å². The smallest absolute Gasteiger partial charge is 0.0616 e. The molecule has 0 saturated carbocycles. The minimum atomic E-state index is 0.108. The summed E-state index contributed by atoms with van der Waals surface area (Å²) in [5.41, 5.74) is 1.16. The van der Waals surface area contributed by atoms with Crippen LogP contribution in [0.5, 0.6) is 0 Å². The number of aliphatic hydroxyl groups is 1. The van der Waals surface area contributed by atoms with Crippen LogP contribution in [0.15, 0.2) is 24.4 Å². The lowest BCUT2D eigenvalue weighted by molar-refractivity contribution is 0.343. The van der Waals surface area contributed by atoms with Gasteiger partial charge < -0.3 is 9.67 Å². The fraction of sp³-hybridized carbons (Fsp3) is 0.400. The highest BCUT2D eigenvalue weighted by Gasteiger charge is 1.93. The summed E-state index contributed by atoms with van der Waals surface area (Å²) in [5.74, 6) is 0. The molecular formula is C10H15NO. The van der Waals surface area contributed by atoms with Gasteiger partial charge >= 0.3 is 0 Å². The normalized spacial score (nSPS) is 11.2. The molecule has 0 amide bonds. The quantitative estimate of drug-likeness (QED) is 0.724. The van der Waals surface area contributed by atoms with Crippen LogP contribution in [0.2, 0.25) is 0 Å². The monoisotopic (exact) mass is 165 g/mol. The Morgan fingerprint density at radius 2 is 2.42 bits per heavy atom. The van der Waals surface area contributed by atoms with E-state index in [0.717, 1.165) is 18.7 Å². The van der Waals surface area contributed by atoms with Gasteiger partial charge in [0.25, 0.3) is 0 Å². The molecule has 1 heterocycles. The zero-order chi connectivity index (χ0) is 8.81. The second-order valence-corrected chi connectivity index (χ2v) is 2.71. The third kappa shape index (κ3) is 2.24. The van der Waals surface area contributed by atoms with Gasteiger partial charge in [-0.1, -0.05) is 13.0 Å². The van der Waals surface area contributed by atoms with Crippen LogP contribution in [0.1, 0.15) is 19.0 Å². The highest BCUT2D eigenvalue weighted by atomic mass is 16.2. The standard InChI is InChI=1S/C10H15NO/c1-2-7-11-8-3-5-10(11)6-4-9-12/h3-6,8,12H,2,7,9H2,1H3. The van der Waals surface area contributed by atoms with Crippen molar-refractivity contribution in [2.24, 2.45) is 0 Å². The molecular weight excluding hydrogens is 150 g/mol. The van der Waals surface area contributed by atoms with Crippen LogP contribution >= 0.6 is 0 Å². The van der Waals surface area contributed by atoms with Gasteiger partial charge in [0.15, 0.2) is 0 Å². The summed E-state index contributed by atoms with van der Waals surface area (Å²) in [6, 6.07) is 4.06. The van der Waals surface area contributed by atoms with Gasteiger partial charge in [-0.25, -0.2) is 0 Å². The van der Waals surface area contributed by atoms with Crippen LogP contribution < -0.4 is 0 Å². The van der Waals surface area contributed by atoms with Crippen molar-refractivity contribution in [1.29, 1.82) is 0 Å². The summed E-state index contributed by atoms with van der Waals surface area (Å²) >= 11 is 0. The van der Waals surface area contributed by atoms with E-state index in [4.69, 9.17) is 5.11 Å². The lowest BCUT2D eigenvalue weighted by Gasteiger charge is -2.02. The maximum Gasteiger partial charge on any atom is 0.0616 e. The summed E-state index contributed by atoms with van der Waals surface area (Å²) in [7, 11) is 0. The van der Waals surface area contributed by atoms with Crippen molar-refractivity contribution < 1.29 is 5.11 Å². The minimum Gasteiger partial charge on any atom is -0.392 e. The Morgan fingerprint density at radius 3 is 3.08 bits per heavy atom. The van der Waals surface area contributed by atoms with Crippen LogP contribution in [0.25, 0.3) is 6.08 Å². The van der Waals surface area contributed by atoms with Crippen molar-refractivity contribution >= 4 is 6.08 Å². The van der Waals surface area contributed by atoms with Gasteiger partial charge in [0, 0.05) is 18.4 Å². The fourth-order valence-electron chi connectivity index (χ4n) is 1.20. The molecule has 1 N–H and O–H groups in total. The molecule has 1 aromatic heterocycles. The topological polar surface area (TPSA) is 25.2 Å². The lowest BCUT2D eigenvalue weighted by Crippen LogP contribution is -1.96. The molecule has 0 fully saturated rings. The van der Waals surface area contributed by atoms with E-state index in [0.29, 0.717) is 0 Å². The molecule has 0 aliphatic heterocycles. The Labute approximate surface area is 73.1 Å². The zero-order valence-corrected chi connectivity index (χ0v) is 7.40. The Balaban J connectivity index is 2.69. The number of rotatable bonds is 4. The molecule has 12 heavy (non-hydrogen) atoms. The van der Waals surface area contributed by atoms with Crippen LogP contribution in [0, 0.1) is 0 Å². The predicted molar refractivity (Wildman–Crippen MR) is 50.8 cm³/mol. The number of aromatic nitrogens is 1. The van der Waals surface area contributed by atoms with E-state index < -0.39 is 0 Å². The molecule has 66 valence electrons. The van der Waals surface area contributed by atoms with Gasteiger partial charge in [0.2, 0.25) is 0 Å². The number of aliphatic hydroxyl groups excluding tert-OH is 1. The summed E-state index contributed by atoms with van der Waals surface area (Å²) < 4.78 is 2.17. The number of hydrogen-bond acceptors (Lipinski definition) is 1. The van der Waals surface area contributed by atoms with E-state index in [1.54, 1.807) is 6.08 Å². The Kier molecular flexibility index (Phi) is 3.61. The molecule has 1 rings (SSSR count). The highest BCUT2D eigenvalue weighted by Crippen LogP contribution is 2.05. The van der Waals surface area contributed by atoms with Gasteiger partial charge in [0.1, 0.15) is 0 Å². The van der Waals surface area contributed by atoms with Crippen LogP contribution in [-0.2, 0) is 6.54 Å². The van der Waals surface area contributed by atoms with E-state index in [1.165, 1.54) is 0 Å². The second-order valence-electron chi connectivity index (χ2n) is 2.71. The van der Waals surface area contributed by atoms with E-state index in [9.17, 15) is 0 Å². The van der Waals surface area contributed by atoms with E-state index in [2.05, 4.69) is 17.7 Å². The average molecular weight is 165 g/mol. The highest BCUT2D eigenvalue weighted by molar-refractivity contribution is 5.45. The molecule has 1 aromatic rings. The maximum absolute atomic E-state index is 8.59. The van der Waals surface area contributed by atoms with E-state index in [-0.39, 0.29) is 6.61 Å². The predicted octanol–water partition coefficient (Wildman–Crippen LogP) is 1.90. The summed E-state index contributed by atoms with van der Waals surface area (Å²) in [6.45, 7) is 3.30.